The number of aromatic nitrogens is 1. The Morgan fingerprint density at radius 1 is 1.30 bits per heavy atom. The largest absolute Gasteiger partial charge is 0.342 e. The van der Waals surface area contributed by atoms with Gasteiger partial charge < -0.3 is 10.2 Å². The van der Waals surface area contributed by atoms with Crippen LogP contribution in [-0.2, 0) is 6.54 Å². The summed E-state index contributed by atoms with van der Waals surface area (Å²) in [6, 6.07) is 11.3. The van der Waals surface area contributed by atoms with E-state index in [0.29, 0.717) is 11.7 Å². The van der Waals surface area contributed by atoms with Gasteiger partial charge in [0.2, 0.25) is 0 Å². The molecule has 1 N–H and O–H groups in total. The molecule has 1 aromatic carbocycles. The molecule has 0 unspecified atom stereocenters. The Bertz CT molecular complexity index is 596. The lowest BCUT2D eigenvalue weighted by atomic mass is 10.2. The predicted octanol–water partition coefficient (Wildman–Crippen LogP) is 3.24. The summed E-state index contributed by atoms with van der Waals surface area (Å²) in [5.74, 6) is -0.218. The number of para-hydroxylation sites is 1. The summed E-state index contributed by atoms with van der Waals surface area (Å²) in [6.07, 6.45) is 4.29. The molecule has 3 rings (SSSR count). The molecule has 1 fully saturated rings. The fraction of sp³-hybridized carbons (Fsp3) is 0.312. The molecule has 104 valence electrons. The Labute approximate surface area is 118 Å². The number of nitrogens with zero attached hydrogens (tertiary/aromatic N) is 2. The molecule has 0 atom stereocenters. The van der Waals surface area contributed by atoms with Gasteiger partial charge in [0.15, 0.2) is 0 Å². The summed E-state index contributed by atoms with van der Waals surface area (Å²) in [4.78, 5) is 6.20. The summed E-state index contributed by atoms with van der Waals surface area (Å²) in [7, 11) is 1.87. The highest BCUT2D eigenvalue weighted by molar-refractivity contribution is 5.62. The van der Waals surface area contributed by atoms with E-state index in [9.17, 15) is 4.39 Å². The Hall–Kier alpha value is -1.94. The Kier molecular flexibility index (Phi) is 3.65. The molecule has 1 aliphatic rings. The molecule has 1 aromatic heterocycles. The summed E-state index contributed by atoms with van der Waals surface area (Å²) in [6.45, 7) is 0.767. The van der Waals surface area contributed by atoms with Gasteiger partial charge >= 0.3 is 0 Å². The van der Waals surface area contributed by atoms with Crippen molar-refractivity contribution in [3.05, 3.63) is 54.1 Å². The maximum absolute atomic E-state index is 13.8. The average Bonchev–Trinajstić information content (AvgIpc) is 3.29. The molecular formula is C16H18FN3. The topological polar surface area (TPSA) is 28.2 Å². The molecule has 1 heterocycles. The third-order valence-corrected chi connectivity index (χ3v) is 3.55. The van der Waals surface area contributed by atoms with E-state index >= 15 is 0 Å². The minimum atomic E-state index is -0.218. The number of benzene rings is 1. The first-order valence-corrected chi connectivity index (χ1v) is 6.90. The second-order valence-corrected chi connectivity index (χ2v) is 5.17. The van der Waals surface area contributed by atoms with Crippen molar-refractivity contribution in [3.8, 4) is 0 Å². The van der Waals surface area contributed by atoms with Crippen LogP contribution in [0.1, 0.15) is 18.5 Å². The zero-order valence-electron chi connectivity index (χ0n) is 11.5. The standard InChI is InChI=1S/C16H18FN3/c1-20(16-5-3-2-4-15(16)17)14-8-9-18-13(10-14)11-19-12-6-7-12/h2-5,8-10,12,19H,6-7,11H2,1H3. The zero-order valence-corrected chi connectivity index (χ0v) is 11.5. The van der Waals surface area contributed by atoms with E-state index in [1.54, 1.807) is 18.3 Å². The van der Waals surface area contributed by atoms with E-state index < -0.39 is 0 Å². The van der Waals surface area contributed by atoms with Gasteiger partial charge in [0.25, 0.3) is 0 Å². The van der Waals surface area contributed by atoms with Crippen molar-refractivity contribution in [3.63, 3.8) is 0 Å². The van der Waals surface area contributed by atoms with Crippen LogP contribution in [0.4, 0.5) is 15.8 Å². The van der Waals surface area contributed by atoms with E-state index in [-0.39, 0.29) is 5.82 Å². The fourth-order valence-corrected chi connectivity index (χ4v) is 2.17. The lowest BCUT2D eigenvalue weighted by Crippen LogP contribution is -2.17. The van der Waals surface area contributed by atoms with E-state index in [1.165, 1.54) is 18.9 Å². The van der Waals surface area contributed by atoms with Gasteiger partial charge in [0.1, 0.15) is 5.82 Å². The Morgan fingerprint density at radius 2 is 2.10 bits per heavy atom. The highest BCUT2D eigenvalue weighted by Crippen LogP contribution is 2.26. The number of rotatable bonds is 5. The molecule has 0 amide bonds. The minimum Gasteiger partial charge on any atom is -0.342 e. The van der Waals surface area contributed by atoms with E-state index in [4.69, 9.17) is 0 Å². The summed E-state index contributed by atoms with van der Waals surface area (Å²) < 4.78 is 13.8. The van der Waals surface area contributed by atoms with Gasteiger partial charge in [-0.2, -0.15) is 0 Å². The van der Waals surface area contributed by atoms with Gasteiger partial charge in [-0.15, -0.1) is 0 Å². The molecular weight excluding hydrogens is 253 g/mol. The lowest BCUT2D eigenvalue weighted by Gasteiger charge is -2.20. The molecule has 0 aliphatic heterocycles. The maximum Gasteiger partial charge on any atom is 0.146 e. The van der Waals surface area contributed by atoms with Gasteiger partial charge in [-0.1, -0.05) is 12.1 Å². The quantitative estimate of drug-likeness (QED) is 0.905. The second kappa shape index (κ2) is 5.59. The van der Waals surface area contributed by atoms with E-state index in [1.807, 2.05) is 30.1 Å². The molecule has 2 aromatic rings. The molecule has 0 bridgehead atoms. The van der Waals surface area contributed by atoms with Crippen LogP contribution < -0.4 is 10.2 Å². The fourth-order valence-electron chi connectivity index (χ4n) is 2.17. The minimum absolute atomic E-state index is 0.218. The molecule has 20 heavy (non-hydrogen) atoms. The highest BCUT2D eigenvalue weighted by atomic mass is 19.1. The van der Waals surface area contributed by atoms with Crippen LogP contribution >= 0.6 is 0 Å². The van der Waals surface area contributed by atoms with Crippen molar-refractivity contribution in [1.29, 1.82) is 0 Å². The smallest absolute Gasteiger partial charge is 0.146 e. The number of anilines is 2. The SMILES string of the molecule is CN(c1ccnc(CNC2CC2)c1)c1ccccc1F. The maximum atomic E-state index is 13.8. The predicted molar refractivity (Wildman–Crippen MR) is 78.6 cm³/mol. The van der Waals surface area contributed by atoms with E-state index in [0.717, 1.165) is 17.9 Å². The van der Waals surface area contributed by atoms with Crippen molar-refractivity contribution < 1.29 is 4.39 Å². The molecule has 0 spiro atoms. The van der Waals surface area contributed by atoms with Crippen molar-refractivity contribution in [1.82, 2.24) is 10.3 Å². The van der Waals surface area contributed by atoms with Crippen LogP contribution in [0.2, 0.25) is 0 Å². The molecule has 4 heteroatoms. The van der Waals surface area contributed by atoms with Crippen LogP contribution in [0, 0.1) is 5.82 Å². The molecule has 3 nitrogen and oxygen atoms in total. The number of hydrogen-bond donors (Lipinski definition) is 1. The number of pyridine rings is 1. The number of nitrogens with one attached hydrogen (secondary N) is 1. The van der Waals surface area contributed by atoms with Crippen LogP contribution in [-0.4, -0.2) is 18.1 Å². The Balaban J connectivity index is 1.78. The zero-order chi connectivity index (χ0) is 13.9. The van der Waals surface area contributed by atoms with E-state index in [2.05, 4.69) is 10.3 Å². The number of halogens is 1. The van der Waals surface area contributed by atoms with Crippen molar-refractivity contribution in [2.75, 3.05) is 11.9 Å². The summed E-state index contributed by atoms with van der Waals surface area (Å²) >= 11 is 0. The average molecular weight is 271 g/mol. The normalized spacial score (nSPS) is 14.3. The third kappa shape index (κ3) is 2.96. The van der Waals surface area contributed by atoms with Gasteiger partial charge in [-0.25, -0.2) is 4.39 Å². The highest BCUT2D eigenvalue weighted by Gasteiger charge is 2.20. The molecule has 0 radical (unpaired) electrons. The first kappa shape index (κ1) is 13.1. The van der Waals surface area contributed by atoms with Gasteiger partial charge in [-0.05, 0) is 37.1 Å². The summed E-state index contributed by atoms with van der Waals surface area (Å²) in [5.41, 5.74) is 2.50. The summed E-state index contributed by atoms with van der Waals surface area (Å²) in [5, 5.41) is 3.44. The second-order valence-electron chi connectivity index (χ2n) is 5.17. The van der Waals surface area contributed by atoms with Crippen LogP contribution in [0.15, 0.2) is 42.6 Å². The van der Waals surface area contributed by atoms with Crippen LogP contribution in [0.3, 0.4) is 0 Å². The van der Waals surface area contributed by atoms with Crippen LogP contribution in [0.25, 0.3) is 0 Å². The Morgan fingerprint density at radius 3 is 2.85 bits per heavy atom. The van der Waals surface area contributed by atoms with Crippen molar-refractivity contribution in [2.45, 2.75) is 25.4 Å². The van der Waals surface area contributed by atoms with Crippen molar-refractivity contribution in [2.24, 2.45) is 0 Å². The third-order valence-electron chi connectivity index (χ3n) is 3.55. The lowest BCUT2D eigenvalue weighted by molar-refractivity contribution is 0.627. The monoisotopic (exact) mass is 271 g/mol. The molecule has 0 saturated heterocycles. The van der Waals surface area contributed by atoms with Gasteiger partial charge in [0, 0.05) is 31.5 Å². The first-order valence-electron chi connectivity index (χ1n) is 6.90. The van der Waals surface area contributed by atoms with Gasteiger partial charge in [-0.3, -0.25) is 4.98 Å². The first-order chi connectivity index (χ1) is 9.74. The number of hydrogen-bond acceptors (Lipinski definition) is 3. The van der Waals surface area contributed by atoms with Gasteiger partial charge in [0.05, 0.1) is 11.4 Å². The molecule has 1 saturated carbocycles. The van der Waals surface area contributed by atoms with Crippen LogP contribution in [0.5, 0.6) is 0 Å². The van der Waals surface area contributed by atoms with Crippen molar-refractivity contribution >= 4 is 11.4 Å². The molecule has 1 aliphatic carbocycles.